The Balaban J connectivity index is 1.82. The van der Waals surface area contributed by atoms with E-state index in [1.165, 1.54) is 12.1 Å². The first-order valence-electron chi connectivity index (χ1n) is 8.46. The normalized spacial score (nSPS) is 16.8. The molecule has 30 heavy (non-hydrogen) atoms. The van der Waals surface area contributed by atoms with Gasteiger partial charge in [-0.15, -0.1) is 0 Å². The van der Waals surface area contributed by atoms with Gasteiger partial charge in [-0.2, -0.15) is 8.78 Å². The molecular formula is C21H11F4IN2O2. The fourth-order valence-corrected chi connectivity index (χ4v) is 3.81. The molecule has 0 aliphatic heterocycles. The van der Waals surface area contributed by atoms with Crippen molar-refractivity contribution in [3.8, 4) is 16.9 Å². The van der Waals surface area contributed by atoms with Crippen LogP contribution in [0.25, 0.3) is 11.1 Å². The monoisotopic (exact) mass is 526 g/mol. The first kappa shape index (κ1) is 20.3. The predicted octanol–water partition coefficient (Wildman–Crippen LogP) is 5.32. The number of carbonyl (C=O) groups excluding carboxylic acids is 1. The highest BCUT2D eigenvalue weighted by atomic mass is 127. The molecule has 1 saturated carbocycles. The van der Waals surface area contributed by atoms with Crippen LogP contribution in [0.15, 0.2) is 68.3 Å². The SMILES string of the molecule is Nc1ccc(-c2cc(OC3=C=C=C4C(=C3I)C(=O)C4(F)F)c(N)c(C(F)F)c2)cc1. The van der Waals surface area contributed by atoms with Crippen LogP contribution in [0, 0.1) is 0 Å². The Morgan fingerprint density at radius 3 is 2.33 bits per heavy atom. The molecule has 0 heterocycles. The van der Waals surface area contributed by atoms with Gasteiger partial charge in [0, 0.05) is 11.3 Å². The third kappa shape index (κ3) is 3.11. The second-order valence-electron chi connectivity index (χ2n) is 6.55. The van der Waals surface area contributed by atoms with Crippen LogP contribution in [0.3, 0.4) is 0 Å². The Morgan fingerprint density at radius 2 is 1.70 bits per heavy atom. The van der Waals surface area contributed by atoms with E-state index in [-0.39, 0.29) is 26.3 Å². The molecule has 4 nitrogen and oxygen atoms in total. The van der Waals surface area contributed by atoms with Crippen molar-refractivity contribution >= 4 is 39.7 Å². The van der Waals surface area contributed by atoms with Gasteiger partial charge < -0.3 is 16.2 Å². The Morgan fingerprint density at radius 1 is 1.03 bits per heavy atom. The summed E-state index contributed by atoms with van der Waals surface area (Å²) in [6.45, 7) is 0. The Labute approximate surface area is 181 Å². The maximum absolute atomic E-state index is 13.6. The van der Waals surface area contributed by atoms with Crippen molar-refractivity contribution < 1.29 is 27.1 Å². The molecular weight excluding hydrogens is 515 g/mol. The predicted molar refractivity (Wildman–Crippen MR) is 111 cm³/mol. The van der Waals surface area contributed by atoms with Gasteiger partial charge in [0.25, 0.3) is 6.43 Å². The van der Waals surface area contributed by atoms with Crippen molar-refractivity contribution in [2.24, 2.45) is 0 Å². The molecule has 4 rings (SSSR count). The summed E-state index contributed by atoms with van der Waals surface area (Å²) in [5, 5.41) is 0. The van der Waals surface area contributed by atoms with Crippen molar-refractivity contribution in [2.45, 2.75) is 12.3 Å². The molecule has 4 N–H and O–H groups in total. The molecule has 9 heteroatoms. The van der Waals surface area contributed by atoms with Crippen molar-refractivity contribution in [2.75, 3.05) is 11.5 Å². The number of benzene rings is 2. The molecule has 2 aromatic rings. The smallest absolute Gasteiger partial charge is 0.343 e. The third-order valence-corrected chi connectivity index (χ3v) is 5.69. The number of alkyl halides is 4. The van der Waals surface area contributed by atoms with Crippen molar-refractivity contribution in [3.63, 3.8) is 0 Å². The Bertz CT molecular complexity index is 1240. The zero-order valence-corrected chi connectivity index (χ0v) is 17.1. The highest BCUT2D eigenvalue weighted by Crippen LogP contribution is 2.49. The van der Waals surface area contributed by atoms with Gasteiger partial charge in [0.1, 0.15) is 0 Å². The van der Waals surface area contributed by atoms with Crippen LogP contribution in [0.4, 0.5) is 28.9 Å². The van der Waals surface area contributed by atoms with E-state index in [4.69, 9.17) is 16.2 Å². The number of hydrogen-bond acceptors (Lipinski definition) is 4. The zero-order chi connectivity index (χ0) is 21.8. The van der Waals surface area contributed by atoms with Gasteiger partial charge in [-0.25, -0.2) is 8.78 Å². The summed E-state index contributed by atoms with van der Waals surface area (Å²) in [5.74, 6) is -5.20. The van der Waals surface area contributed by atoms with Crippen LogP contribution in [-0.4, -0.2) is 11.7 Å². The molecule has 0 saturated heterocycles. The van der Waals surface area contributed by atoms with Crippen molar-refractivity contribution in [3.05, 3.63) is 73.9 Å². The molecule has 152 valence electrons. The third-order valence-electron chi connectivity index (χ3n) is 4.66. The number of anilines is 2. The van der Waals surface area contributed by atoms with E-state index in [0.717, 1.165) is 0 Å². The molecule has 0 spiro atoms. The topological polar surface area (TPSA) is 78.3 Å². The minimum Gasteiger partial charge on any atom is -0.445 e. The Hall–Kier alpha value is -3.00. The summed E-state index contributed by atoms with van der Waals surface area (Å²) >= 11 is 1.66. The van der Waals surface area contributed by atoms with E-state index >= 15 is 0 Å². The number of carbonyl (C=O) groups is 1. The second kappa shape index (κ2) is 7.05. The quantitative estimate of drug-likeness (QED) is 0.245. The zero-order valence-electron chi connectivity index (χ0n) is 14.9. The standard InChI is InChI=1S/C21H11F4IN2O2/c22-20(23)12-7-10(9-1-3-11(27)4-2-9)8-15(18(12)28)30-14-6-5-13-16(17(14)26)19(29)21(13,24)25/h1-4,7-8,20H,27-28H2. The average Bonchev–Trinajstić information content (AvgIpc) is 2.70. The number of allylic oxidation sites excluding steroid dienone is 3. The minimum absolute atomic E-state index is 0.0770. The number of Topliss-reactive ketones (excluding diaryl/α,β-unsaturated/α-hetero) is 1. The molecule has 0 atom stereocenters. The summed E-state index contributed by atoms with van der Waals surface area (Å²) in [6.07, 6.45) is -2.88. The van der Waals surface area contributed by atoms with E-state index < -0.39 is 29.3 Å². The number of ketones is 1. The number of halogens is 5. The number of nitrogens with two attached hydrogens (primary N) is 2. The minimum atomic E-state index is -3.61. The highest BCUT2D eigenvalue weighted by molar-refractivity contribution is 14.1. The lowest BCUT2D eigenvalue weighted by Crippen LogP contribution is -2.45. The van der Waals surface area contributed by atoms with E-state index in [9.17, 15) is 22.4 Å². The number of ether oxygens (including phenoxy) is 1. The molecule has 0 unspecified atom stereocenters. The fourth-order valence-electron chi connectivity index (χ4n) is 3.05. The molecule has 0 radical (unpaired) electrons. The summed E-state index contributed by atoms with van der Waals surface area (Å²) < 4.78 is 60.0. The van der Waals surface area contributed by atoms with E-state index in [1.807, 2.05) is 0 Å². The highest BCUT2D eigenvalue weighted by Gasteiger charge is 2.59. The number of fused-ring (bicyclic) bond motifs is 1. The van der Waals surface area contributed by atoms with E-state index in [0.29, 0.717) is 16.8 Å². The number of nitrogen functional groups attached to an aromatic ring is 2. The summed E-state index contributed by atoms with van der Waals surface area (Å²) in [4.78, 5) is 11.7. The van der Waals surface area contributed by atoms with Gasteiger partial charge in [-0.1, -0.05) is 17.9 Å². The molecule has 0 bridgehead atoms. The second-order valence-corrected chi connectivity index (χ2v) is 7.63. The van der Waals surface area contributed by atoms with Gasteiger partial charge >= 0.3 is 5.92 Å². The lowest BCUT2D eigenvalue weighted by molar-refractivity contribution is -0.139. The Kier molecular flexibility index (Phi) is 4.77. The maximum Gasteiger partial charge on any atom is 0.343 e. The maximum atomic E-state index is 13.6. The molecule has 0 amide bonds. The first-order valence-corrected chi connectivity index (χ1v) is 9.54. The summed E-state index contributed by atoms with van der Waals surface area (Å²) in [7, 11) is 0. The molecule has 1 fully saturated rings. The fraction of sp³-hybridized carbons (Fsp3) is 0.0952. The largest absolute Gasteiger partial charge is 0.445 e. The lowest BCUT2D eigenvalue weighted by Gasteiger charge is -2.31. The molecule has 2 aliphatic carbocycles. The lowest BCUT2D eigenvalue weighted by atomic mass is 9.79. The average molecular weight is 526 g/mol. The number of hydrogen-bond donors (Lipinski definition) is 2. The summed E-state index contributed by atoms with van der Waals surface area (Å²) in [5.41, 5.74) is 16.1. The van der Waals surface area contributed by atoms with Crippen LogP contribution < -0.4 is 16.2 Å². The van der Waals surface area contributed by atoms with Gasteiger partial charge in [0.2, 0.25) is 5.78 Å². The van der Waals surface area contributed by atoms with Crippen LogP contribution >= 0.6 is 22.6 Å². The first-order chi connectivity index (χ1) is 14.1. The van der Waals surface area contributed by atoms with Crippen LogP contribution in [0.2, 0.25) is 0 Å². The van der Waals surface area contributed by atoms with Crippen LogP contribution in [0.1, 0.15) is 12.0 Å². The molecule has 0 aromatic heterocycles. The number of rotatable bonds is 4. The van der Waals surface area contributed by atoms with Crippen molar-refractivity contribution in [1.29, 1.82) is 0 Å². The van der Waals surface area contributed by atoms with E-state index in [2.05, 4.69) is 11.5 Å². The van der Waals surface area contributed by atoms with Gasteiger partial charge in [-0.05, 0) is 63.7 Å². The van der Waals surface area contributed by atoms with Gasteiger partial charge in [0.15, 0.2) is 11.5 Å². The van der Waals surface area contributed by atoms with Crippen LogP contribution in [0.5, 0.6) is 5.75 Å². The van der Waals surface area contributed by atoms with E-state index in [1.54, 1.807) is 46.9 Å². The molecule has 2 aromatic carbocycles. The van der Waals surface area contributed by atoms with Gasteiger partial charge in [0.05, 0.1) is 20.4 Å². The summed E-state index contributed by atoms with van der Waals surface area (Å²) in [6, 6.07) is 9.20. The van der Waals surface area contributed by atoms with Crippen molar-refractivity contribution in [1.82, 2.24) is 0 Å². The van der Waals surface area contributed by atoms with Crippen LogP contribution in [-0.2, 0) is 4.79 Å². The van der Waals surface area contributed by atoms with Gasteiger partial charge in [-0.3, -0.25) is 4.79 Å². The molecule has 2 aliphatic rings.